The summed E-state index contributed by atoms with van der Waals surface area (Å²) in [6.45, 7) is 1.08. The van der Waals surface area contributed by atoms with Crippen LogP contribution in [-0.4, -0.2) is 16.5 Å². The molecule has 0 aliphatic heterocycles. The van der Waals surface area contributed by atoms with Crippen molar-refractivity contribution >= 4 is 5.69 Å². The molecule has 1 aliphatic rings. The maximum Gasteiger partial charge on any atom is 0.115 e. The molecule has 1 saturated carbocycles. The van der Waals surface area contributed by atoms with Gasteiger partial charge in [-0.05, 0) is 18.8 Å². The Morgan fingerprint density at radius 3 is 2.62 bits per heavy atom. The molecule has 2 rings (SSSR count). The third-order valence-electron chi connectivity index (χ3n) is 2.63. The number of anilines is 1. The maximum absolute atomic E-state index is 3.96. The molecule has 1 N–H and O–H groups in total. The van der Waals surface area contributed by atoms with Crippen molar-refractivity contribution in [1.29, 1.82) is 0 Å². The van der Waals surface area contributed by atoms with Gasteiger partial charge in [-0.25, -0.2) is 9.97 Å². The number of rotatable bonds is 3. The summed E-state index contributed by atoms with van der Waals surface area (Å²) in [5, 5.41) is 3.36. The van der Waals surface area contributed by atoms with E-state index in [9.17, 15) is 0 Å². The Hall–Kier alpha value is -1.12. The SMILES string of the molecule is c1ncc(NCC2CCCC2)cn1. The minimum atomic E-state index is 0.861. The summed E-state index contributed by atoms with van der Waals surface area (Å²) in [5.74, 6) is 0.861. The van der Waals surface area contributed by atoms with E-state index in [4.69, 9.17) is 0 Å². The summed E-state index contributed by atoms with van der Waals surface area (Å²) in [4.78, 5) is 7.91. The van der Waals surface area contributed by atoms with Crippen LogP contribution in [0.3, 0.4) is 0 Å². The van der Waals surface area contributed by atoms with Crippen molar-refractivity contribution in [2.24, 2.45) is 5.92 Å². The van der Waals surface area contributed by atoms with E-state index in [1.54, 1.807) is 6.33 Å². The summed E-state index contributed by atoms with van der Waals surface area (Å²) in [6, 6.07) is 0. The molecule has 0 atom stereocenters. The highest BCUT2D eigenvalue weighted by Crippen LogP contribution is 2.24. The lowest BCUT2D eigenvalue weighted by Gasteiger charge is -2.10. The Balaban J connectivity index is 1.79. The molecule has 0 bridgehead atoms. The van der Waals surface area contributed by atoms with E-state index in [0.717, 1.165) is 18.2 Å². The lowest BCUT2D eigenvalue weighted by atomic mass is 10.1. The molecule has 0 saturated heterocycles. The Morgan fingerprint density at radius 1 is 1.23 bits per heavy atom. The zero-order valence-corrected chi connectivity index (χ0v) is 7.74. The van der Waals surface area contributed by atoms with E-state index >= 15 is 0 Å². The molecular formula is C10H15N3. The topological polar surface area (TPSA) is 37.8 Å². The third-order valence-corrected chi connectivity index (χ3v) is 2.63. The van der Waals surface area contributed by atoms with Crippen LogP contribution in [0.4, 0.5) is 5.69 Å². The molecule has 0 amide bonds. The van der Waals surface area contributed by atoms with Gasteiger partial charge >= 0.3 is 0 Å². The molecule has 1 aromatic heterocycles. The van der Waals surface area contributed by atoms with Gasteiger partial charge in [-0.3, -0.25) is 0 Å². The number of hydrogen-bond acceptors (Lipinski definition) is 3. The molecule has 1 aliphatic carbocycles. The second-order valence-corrected chi connectivity index (χ2v) is 3.66. The molecular weight excluding hydrogens is 162 g/mol. The Bertz CT molecular complexity index is 242. The van der Waals surface area contributed by atoms with E-state index in [1.807, 2.05) is 12.4 Å². The number of aromatic nitrogens is 2. The lowest BCUT2D eigenvalue weighted by Crippen LogP contribution is -2.10. The lowest BCUT2D eigenvalue weighted by molar-refractivity contribution is 0.579. The first-order valence-corrected chi connectivity index (χ1v) is 4.94. The van der Waals surface area contributed by atoms with Crippen molar-refractivity contribution in [3.63, 3.8) is 0 Å². The Labute approximate surface area is 78.6 Å². The average Bonchev–Trinajstić information content (AvgIpc) is 2.69. The Morgan fingerprint density at radius 2 is 1.92 bits per heavy atom. The van der Waals surface area contributed by atoms with Gasteiger partial charge in [0.05, 0.1) is 18.1 Å². The van der Waals surface area contributed by atoms with Gasteiger partial charge in [0.2, 0.25) is 0 Å². The van der Waals surface area contributed by atoms with E-state index in [1.165, 1.54) is 25.7 Å². The van der Waals surface area contributed by atoms with Gasteiger partial charge in [-0.15, -0.1) is 0 Å². The first-order chi connectivity index (χ1) is 6.45. The van der Waals surface area contributed by atoms with Crippen molar-refractivity contribution < 1.29 is 0 Å². The van der Waals surface area contributed by atoms with Gasteiger partial charge < -0.3 is 5.32 Å². The highest BCUT2D eigenvalue weighted by molar-refractivity contribution is 5.36. The van der Waals surface area contributed by atoms with Crippen molar-refractivity contribution in [2.45, 2.75) is 25.7 Å². The standard InChI is InChI=1S/C10H15N3/c1-2-4-9(3-1)5-13-10-6-11-8-12-7-10/h6-9,13H,1-5H2. The van der Waals surface area contributed by atoms with Gasteiger partial charge in [0.25, 0.3) is 0 Å². The molecule has 13 heavy (non-hydrogen) atoms. The molecule has 0 radical (unpaired) electrons. The normalized spacial score (nSPS) is 17.5. The minimum absolute atomic E-state index is 0.861. The fourth-order valence-electron chi connectivity index (χ4n) is 1.87. The molecule has 0 aromatic carbocycles. The highest BCUT2D eigenvalue weighted by Gasteiger charge is 2.14. The van der Waals surface area contributed by atoms with E-state index < -0.39 is 0 Å². The van der Waals surface area contributed by atoms with Crippen LogP contribution < -0.4 is 5.32 Å². The zero-order valence-electron chi connectivity index (χ0n) is 7.74. The average molecular weight is 177 g/mol. The summed E-state index contributed by atoms with van der Waals surface area (Å²) in [5.41, 5.74) is 1.04. The fourth-order valence-corrected chi connectivity index (χ4v) is 1.87. The fraction of sp³-hybridized carbons (Fsp3) is 0.600. The summed E-state index contributed by atoms with van der Waals surface area (Å²) in [7, 11) is 0. The van der Waals surface area contributed by atoms with Gasteiger partial charge in [-0.2, -0.15) is 0 Å². The molecule has 70 valence electrons. The zero-order chi connectivity index (χ0) is 8.93. The van der Waals surface area contributed by atoms with Gasteiger partial charge in [0, 0.05) is 6.54 Å². The van der Waals surface area contributed by atoms with Crippen LogP contribution in [0.2, 0.25) is 0 Å². The molecule has 1 aromatic rings. The van der Waals surface area contributed by atoms with Crippen LogP contribution in [-0.2, 0) is 0 Å². The van der Waals surface area contributed by atoms with Crippen molar-refractivity contribution in [3.8, 4) is 0 Å². The largest absolute Gasteiger partial charge is 0.382 e. The van der Waals surface area contributed by atoms with Gasteiger partial charge in [-0.1, -0.05) is 12.8 Å². The van der Waals surface area contributed by atoms with Crippen molar-refractivity contribution in [3.05, 3.63) is 18.7 Å². The third kappa shape index (κ3) is 2.41. The number of nitrogens with one attached hydrogen (secondary N) is 1. The second-order valence-electron chi connectivity index (χ2n) is 3.66. The minimum Gasteiger partial charge on any atom is -0.382 e. The molecule has 1 fully saturated rings. The molecule has 0 spiro atoms. The highest BCUT2D eigenvalue weighted by atomic mass is 14.9. The van der Waals surface area contributed by atoms with Crippen LogP contribution in [0.1, 0.15) is 25.7 Å². The second kappa shape index (κ2) is 4.21. The van der Waals surface area contributed by atoms with Crippen LogP contribution in [0.15, 0.2) is 18.7 Å². The molecule has 3 nitrogen and oxygen atoms in total. The van der Waals surface area contributed by atoms with Crippen molar-refractivity contribution in [2.75, 3.05) is 11.9 Å². The van der Waals surface area contributed by atoms with Crippen molar-refractivity contribution in [1.82, 2.24) is 9.97 Å². The van der Waals surface area contributed by atoms with Gasteiger partial charge in [0.15, 0.2) is 0 Å². The molecule has 3 heteroatoms. The molecule has 0 unspecified atom stereocenters. The number of hydrogen-bond donors (Lipinski definition) is 1. The van der Waals surface area contributed by atoms with Crippen LogP contribution in [0.5, 0.6) is 0 Å². The summed E-state index contributed by atoms with van der Waals surface area (Å²) >= 11 is 0. The summed E-state index contributed by atoms with van der Waals surface area (Å²) in [6.07, 6.45) is 10.8. The predicted molar refractivity (Wildman–Crippen MR) is 52.5 cm³/mol. The van der Waals surface area contributed by atoms with E-state index in [2.05, 4.69) is 15.3 Å². The predicted octanol–water partition coefficient (Wildman–Crippen LogP) is 2.08. The quantitative estimate of drug-likeness (QED) is 0.768. The number of nitrogens with zero attached hydrogens (tertiary/aromatic N) is 2. The van der Waals surface area contributed by atoms with E-state index in [0.29, 0.717) is 0 Å². The Kier molecular flexibility index (Phi) is 2.75. The van der Waals surface area contributed by atoms with Gasteiger partial charge in [0.1, 0.15) is 6.33 Å². The first kappa shape index (κ1) is 8.48. The summed E-state index contributed by atoms with van der Waals surface area (Å²) < 4.78 is 0. The maximum atomic E-state index is 3.96. The molecule has 1 heterocycles. The van der Waals surface area contributed by atoms with Crippen LogP contribution in [0, 0.1) is 5.92 Å². The monoisotopic (exact) mass is 177 g/mol. The van der Waals surface area contributed by atoms with Crippen LogP contribution >= 0.6 is 0 Å². The first-order valence-electron chi connectivity index (χ1n) is 4.94. The smallest absolute Gasteiger partial charge is 0.115 e. The van der Waals surface area contributed by atoms with Crippen LogP contribution in [0.25, 0.3) is 0 Å². The van der Waals surface area contributed by atoms with E-state index in [-0.39, 0.29) is 0 Å².